The summed E-state index contributed by atoms with van der Waals surface area (Å²) in [7, 11) is 0. The van der Waals surface area contributed by atoms with E-state index in [0.717, 1.165) is 11.1 Å². The van der Waals surface area contributed by atoms with Crippen LogP contribution < -0.4 is 21.5 Å². The fourth-order valence-corrected chi connectivity index (χ4v) is 2.28. The molecule has 2 N–H and O–H groups in total. The first-order valence-corrected chi connectivity index (χ1v) is 6.64. The number of ketones is 1. The summed E-state index contributed by atoms with van der Waals surface area (Å²) in [6.45, 7) is 5.97. The van der Waals surface area contributed by atoms with Crippen molar-refractivity contribution in [1.29, 1.82) is 0 Å². The first-order chi connectivity index (χ1) is 8.97. The van der Waals surface area contributed by atoms with E-state index in [0.29, 0.717) is 10.6 Å². The first kappa shape index (κ1) is 19.8. The summed E-state index contributed by atoms with van der Waals surface area (Å²) >= 11 is 5.84. The van der Waals surface area contributed by atoms with Gasteiger partial charge in [0.05, 0.1) is 0 Å². The highest BCUT2D eigenvalue weighted by Gasteiger charge is 2.23. The molecule has 1 unspecified atom stereocenters. The minimum Gasteiger partial charge on any atom is -1.00 e. The molecule has 1 aromatic carbocycles. The van der Waals surface area contributed by atoms with E-state index in [4.69, 9.17) is 11.6 Å². The third-order valence-electron chi connectivity index (χ3n) is 3.12. The molecule has 0 amide bonds. The maximum absolute atomic E-state index is 12.4. The normalized spacial score (nSPS) is 11.0. The van der Waals surface area contributed by atoms with Crippen LogP contribution in [0.3, 0.4) is 0 Å². The van der Waals surface area contributed by atoms with Crippen LogP contribution in [0.2, 0.25) is 5.02 Å². The second-order valence-corrected chi connectivity index (χ2v) is 5.32. The van der Waals surface area contributed by atoms with Crippen molar-refractivity contribution in [3.05, 3.63) is 64.4 Å². The Morgan fingerprint density at radius 1 is 1.10 bits per heavy atom. The third kappa shape index (κ3) is 4.92. The Bertz CT molecular complexity index is 594. The molecule has 21 heavy (non-hydrogen) atoms. The van der Waals surface area contributed by atoms with Gasteiger partial charge in [-0.05, 0) is 44.2 Å². The predicted octanol–water partition coefficient (Wildman–Crippen LogP) is -0.132. The zero-order valence-electron chi connectivity index (χ0n) is 12.2. The molecule has 5 heteroatoms. The van der Waals surface area contributed by atoms with Gasteiger partial charge in [-0.1, -0.05) is 11.6 Å². The summed E-state index contributed by atoms with van der Waals surface area (Å²) in [6.07, 6.45) is 3.98. The summed E-state index contributed by atoms with van der Waals surface area (Å²) in [6, 6.07) is 8.89. The van der Waals surface area contributed by atoms with Crippen molar-refractivity contribution in [3.8, 4) is 0 Å². The monoisotopic (exact) mass is 371 g/mol. The predicted molar refractivity (Wildman–Crippen MR) is 80.2 cm³/mol. The molecule has 0 saturated carbocycles. The molecule has 0 fully saturated rings. The number of hydrogen-bond acceptors (Lipinski definition) is 1. The number of Topliss-reactive ketones (excluding diaryl/α,β-unsaturated/α-hetero) is 1. The Morgan fingerprint density at radius 2 is 1.57 bits per heavy atom. The highest BCUT2D eigenvalue weighted by atomic mass is 79.9. The molecular formula is C16H19BrClNO2. The number of carbonyl (C=O) groups is 1. The molecule has 1 heterocycles. The minimum atomic E-state index is -0.222. The summed E-state index contributed by atoms with van der Waals surface area (Å²) in [5.41, 5.74) is 2.98. The van der Waals surface area contributed by atoms with Gasteiger partial charge in [0.2, 0.25) is 11.8 Å². The van der Waals surface area contributed by atoms with Gasteiger partial charge in [0.15, 0.2) is 12.4 Å². The molecule has 0 aliphatic rings. The number of aryl methyl sites for hydroxylation is 2. The van der Waals surface area contributed by atoms with Gasteiger partial charge in [0, 0.05) is 28.6 Å². The van der Waals surface area contributed by atoms with Crippen molar-refractivity contribution >= 4 is 17.4 Å². The number of pyridine rings is 1. The fourth-order valence-electron chi connectivity index (χ4n) is 2.16. The summed E-state index contributed by atoms with van der Waals surface area (Å²) in [5, 5.41) is 0.642. The molecule has 0 saturated heterocycles. The van der Waals surface area contributed by atoms with Gasteiger partial charge >= 0.3 is 0 Å². The Morgan fingerprint density at radius 3 is 2.05 bits per heavy atom. The van der Waals surface area contributed by atoms with Crippen LogP contribution in [-0.4, -0.2) is 11.3 Å². The van der Waals surface area contributed by atoms with Gasteiger partial charge in [-0.3, -0.25) is 4.79 Å². The highest BCUT2D eigenvalue weighted by Crippen LogP contribution is 2.14. The van der Waals surface area contributed by atoms with Crippen molar-refractivity contribution in [2.75, 3.05) is 0 Å². The fraction of sp³-hybridized carbons (Fsp3) is 0.250. The quantitative estimate of drug-likeness (QED) is 0.547. The van der Waals surface area contributed by atoms with E-state index in [1.807, 2.05) is 37.7 Å². The Labute approximate surface area is 140 Å². The molecule has 2 aromatic rings. The Balaban J connectivity index is 0.00000200. The van der Waals surface area contributed by atoms with Gasteiger partial charge in [0.1, 0.15) is 0 Å². The van der Waals surface area contributed by atoms with Crippen molar-refractivity contribution in [2.24, 2.45) is 0 Å². The number of rotatable bonds is 3. The third-order valence-corrected chi connectivity index (χ3v) is 3.37. The molecule has 0 radical (unpaired) electrons. The molecule has 114 valence electrons. The molecule has 1 aromatic heterocycles. The number of benzene rings is 1. The van der Waals surface area contributed by atoms with Crippen LogP contribution in [0.1, 0.15) is 34.5 Å². The zero-order valence-corrected chi connectivity index (χ0v) is 14.6. The van der Waals surface area contributed by atoms with Crippen LogP contribution in [0, 0.1) is 13.8 Å². The standard InChI is InChI=1S/C16H17ClNO.BrH.H2O/c1-11-8-12(2)10-18(9-11)13(3)16(19)14-4-6-15(17)7-5-14;;/h4-10,13H,1-3H3;1H;1H2/q+1;;/p-1. The average Bonchev–Trinajstić information content (AvgIpc) is 2.37. The van der Waals surface area contributed by atoms with Crippen molar-refractivity contribution < 1.29 is 31.8 Å². The molecule has 2 rings (SSSR count). The summed E-state index contributed by atoms with van der Waals surface area (Å²) < 4.78 is 1.96. The van der Waals surface area contributed by atoms with Crippen molar-refractivity contribution in [3.63, 3.8) is 0 Å². The van der Waals surface area contributed by atoms with E-state index >= 15 is 0 Å². The molecular weight excluding hydrogens is 354 g/mol. The largest absolute Gasteiger partial charge is 1.00 e. The van der Waals surface area contributed by atoms with Crippen LogP contribution in [0.4, 0.5) is 0 Å². The SMILES string of the molecule is Cc1cc(C)c[n+](C(C)C(=O)c2ccc(Cl)cc2)c1.O.[Br-]. The van der Waals surface area contributed by atoms with Crippen LogP contribution in [0.15, 0.2) is 42.7 Å². The number of aromatic nitrogens is 1. The molecule has 0 spiro atoms. The van der Waals surface area contributed by atoms with E-state index in [1.165, 1.54) is 0 Å². The Hall–Kier alpha value is -1.23. The van der Waals surface area contributed by atoms with Gasteiger partial charge < -0.3 is 22.5 Å². The van der Waals surface area contributed by atoms with Gasteiger partial charge in [-0.15, -0.1) is 0 Å². The first-order valence-electron chi connectivity index (χ1n) is 6.26. The van der Waals surface area contributed by atoms with E-state index in [2.05, 4.69) is 6.07 Å². The van der Waals surface area contributed by atoms with E-state index in [-0.39, 0.29) is 34.3 Å². The maximum atomic E-state index is 12.4. The van der Waals surface area contributed by atoms with Gasteiger partial charge in [-0.2, -0.15) is 4.57 Å². The number of halogens is 2. The molecule has 0 aliphatic carbocycles. The second kappa shape index (κ2) is 8.27. The topological polar surface area (TPSA) is 52.5 Å². The van der Waals surface area contributed by atoms with Crippen molar-refractivity contribution in [1.82, 2.24) is 0 Å². The van der Waals surface area contributed by atoms with Gasteiger partial charge in [0.25, 0.3) is 0 Å². The number of hydrogen-bond donors (Lipinski definition) is 0. The van der Waals surface area contributed by atoms with Crippen LogP contribution in [0.5, 0.6) is 0 Å². The zero-order chi connectivity index (χ0) is 14.0. The lowest BCUT2D eigenvalue weighted by molar-refractivity contribution is -0.705. The number of nitrogens with zero attached hydrogens (tertiary/aromatic N) is 1. The van der Waals surface area contributed by atoms with Crippen LogP contribution in [0.25, 0.3) is 0 Å². The lowest BCUT2D eigenvalue weighted by Gasteiger charge is -2.08. The second-order valence-electron chi connectivity index (χ2n) is 4.88. The average molecular weight is 373 g/mol. The molecule has 0 aliphatic heterocycles. The Kier molecular flexibility index (Phi) is 7.79. The van der Waals surface area contributed by atoms with Crippen molar-refractivity contribution in [2.45, 2.75) is 26.8 Å². The van der Waals surface area contributed by atoms with Crippen LogP contribution in [-0.2, 0) is 0 Å². The summed E-state index contributed by atoms with van der Waals surface area (Å²) in [4.78, 5) is 12.4. The lowest BCUT2D eigenvalue weighted by atomic mass is 10.0. The summed E-state index contributed by atoms with van der Waals surface area (Å²) in [5.74, 6) is 0.0895. The lowest BCUT2D eigenvalue weighted by Crippen LogP contribution is -3.00. The minimum absolute atomic E-state index is 0. The van der Waals surface area contributed by atoms with E-state index in [1.54, 1.807) is 24.3 Å². The number of carbonyl (C=O) groups excluding carboxylic acids is 1. The highest BCUT2D eigenvalue weighted by molar-refractivity contribution is 6.30. The van der Waals surface area contributed by atoms with Crippen LogP contribution >= 0.6 is 11.6 Å². The molecule has 0 bridgehead atoms. The molecule has 3 nitrogen and oxygen atoms in total. The maximum Gasteiger partial charge on any atom is 0.230 e. The van der Waals surface area contributed by atoms with E-state index < -0.39 is 0 Å². The van der Waals surface area contributed by atoms with E-state index in [9.17, 15) is 4.79 Å². The molecule has 1 atom stereocenters. The van der Waals surface area contributed by atoms with Gasteiger partial charge in [-0.25, -0.2) is 0 Å². The smallest absolute Gasteiger partial charge is 0.230 e.